The van der Waals surface area contributed by atoms with Crippen LogP contribution in [0.3, 0.4) is 0 Å². The van der Waals surface area contributed by atoms with Crippen molar-refractivity contribution in [2.75, 3.05) is 0 Å². The van der Waals surface area contributed by atoms with Crippen LogP contribution in [0.5, 0.6) is 0 Å². The minimum atomic E-state index is -1.36. The highest BCUT2D eigenvalue weighted by atomic mass is 16.6. The number of carbonyl (C=O) groups is 4. The molecule has 8 nitrogen and oxygen atoms in total. The van der Waals surface area contributed by atoms with Crippen molar-refractivity contribution in [1.29, 1.82) is 0 Å². The number of ether oxygens (including phenoxy) is 4. The van der Waals surface area contributed by atoms with Crippen LogP contribution in [0.2, 0.25) is 0 Å². The van der Waals surface area contributed by atoms with Gasteiger partial charge in [0.25, 0.3) is 0 Å². The molecular formula is C26H38O8. The van der Waals surface area contributed by atoms with Gasteiger partial charge < -0.3 is 18.9 Å². The first-order valence-corrected chi connectivity index (χ1v) is 11.9. The maximum absolute atomic E-state index is 14.0. The molecule has 3 aliphatic rings. The van der Waals surface area contributed by atoms with E-state index in [1.165, 1.54) is 20.8 Å². The summed E-state index contributed by atoms with van der Waals surface area (Å²) in [5.41, 5.74) is -3.74. The van der Waals surface area contributed by atoms with Crippen molar-refractivity contribution in [3.63, 3.8) is 0 Å². The van der Waals surface area contributed by atoms with E-state index < -0.39 is 70.1 Å². The Balaban J connectivity index is 2.34. The number of rotatable bonds is 4. The molecule has 2 saturated carbocycles. The standard InChI is InChI=1S/C26H38O8/c1-10-24(7)13-17(30)20-25(8)18(31-14(2)27)11-12-23(5,6)21(25)19(32-15(3)28)22(33-16(4)29)26(20,9)34-24/h10,18-22H,1,11-13H2,2-9H3/t18-,19-,20+,21-,22-,24-,25+,26-/m0/s1. The summed E-state index contributed by atoms with van der Waals surface area (Å²) in [6.45, 7) is 17.3. The Hall–Kier alpha value is -2.22. The fraction of sp³-hybridized carbons (Fsp3) is 0.769. The molecule has 0 spiro atoms. The zero-order valence-corrected chi connectivity index (χ0v) is 21.6. The van der Waals surface area contributed by atoms with Crippen LogP contribution < -0.4 is 0 Å². The maximum Gasteiger partial charge on any atom is 0.303 e. The Kier molecular flexibility index (Phi) is 6.57. The van der Waals surface area contributed by atoms with Crippen molar-refractivity contribution in [2.45, 2.75) is 104 Å². The molecule has 8 atom stereocenters. The number of hydrogen-bond acceptors (Lipinski definition) is 8. The first kappa shape index (κ1) is 26.4. The third kappa shape index (κ3) is 4.08. The number of esters is 3. The van der Waals surface area contributed by atoms with Gasteiger partial charge in [-0.3, -0.25) is 19.2 Å². The second-order valence-corrected chi connectivity index (χ2v) is 11.5. The fourth-order valence-electron chi connectivity index (χ4n) is 7.41. The van der Waals surface area contributed by atoms with Gasteiger partial charge >= 0.3 is 17.9 Å². The Morgan fingerprint density at radius 3 is 2.03 bits per heavy atom. The predicted octanol–water partition coefficient (Wildman–Crippen LogP) is 3.55. The lowest BCUT2D eigenvalue weighted by molar-refractivity contribution is -0.323. The lowest BCUT2D eigenvalue weighted by Crippen LogP contribution is -2.78. The van der Waals surface area contributed by atoms with Crippen LogP contribution in [-0.2, 0) is 38.1 Å². The lowest BCUT2D eigenvalue weighted by Gasteiger charge is -2.68. The van der Waals surface area contributed by atoms with E-state index >= 15 is 0 Å². The Labute approximate surface area is 201 Å². The Bertz CT molecular complexity index is 908. The zero-order chi connectivity index (χ0) is 25.9. The van der Waals surface area contributed by atoms with Gasteiger partial charge in [-0.25, -0.2) is 0 Å². The quantitative estimate of drug-likeness (QED) is 0.343. The molecule has 0 amide bonds. The van der Waals surface area contributed by atoms with E-state index in [4.69, 9.17) is 18.9 Å². The Morgan fingerprint density at radius 1 is 0.971 bits per heavy atom. The van der Waals surface area contributed by atoms with Crippen molar-refractivity contribution in [1.82, 2.24) is 0 Å². The van der Waals surface area contributed by atoms with Crippen LogP contribution in [0.4, 0.5) is 0 Å². The highest BCUT2D eigenvalue weighted by Gasteiger charge is 2.75. The van der Waals surface area contributed by atoms with Crippen LogP contribution >= 0.6 is 0 Å². The molecule has 0 radical (unpaired) electrons. The van der Waals surface area contributed by atoms with E-state index in [1.807, 2.05) is 20.8 Å². The van der Waals surface area contributed by atoms with Crippen molar-refractivity contribution in [2.24, 2.45) is 22.7 Å². The van der Waals surface area contributed by atoms with Gasteiger partial charge in [0.2, 0.25) is 0 Å². The number of carbonyl (C=O) groups excluding carboxylic acids is 4. The van der Waals surface area contributed by atoms with Gasteiger partial charge in [-0.05, 0) is 32.1 Å². The molecule has 0 aromatic rings. The molecular weight excluding hydrogens is 440 g/mol. The SMILES string of the molecule is C=C[C@@]1(C)CC(=O)[C@H]2[C@](C)(O1)[C@@H](OC(C)=O)[C@@H](OC(C)=O)[C@H]1C(C)(C)CC[C@H](OC(C)=O)[C@@]12C. The van der Waals surface area contributed by atoms with Gasteiger partial charge in [0, 0.05) is 38.5 Å². The summed E-state index contributed by atoms with van der Waals surface area (Å²) in [6.07, 6.45) is 0.293. The van der Waals surface area contributed by atoms with Crippen LogP contribution in [0, 0.1) is 22.7 Å². The number of hydrogen-bond donors (Lipinski definition) is 0. The fourth-order valence-corrected chi connectivity index (χ4v) is 7.41. The van der Waals surface area contributed by atoms with E-state index in [-0.39, 0.29) is 12.2 Å². The maximum atomic E-state index is 14.0. The van der Waals surface area contributed by atoms with Gasteiger partial charge in [0.15, 0.2) is 6.10 Å². The molecule has 1 heterocycles. The molecule has 3 fully saturated rings. The normalized spacial score (nSPS) is 43.1. The molecule has 190 valence electrons. The smallest absolute Gasteiger partial charge is 0.303 e. The molecule has 8 heteroatoms. The molecule has 0 aromatic carbocycles. The first-order chi connectivity index (χ1) is 15.5. The van der Waals surface area contributed by atoms with E-state index in [0.717, 1.165) is 0 Å². The summed E-state index contributed by atoms with van der Waals surface area (Å²) in [5.74, 6) is -2.87. The molecule has 34 heavy (non-hydrogen) atoms. The van der Waals surface area contributed by atoms with Crippen molar-refractivity contribution in [3.8, 4) is 0 Å². The van der Waals surface area contributed by atoms with Gasteiger partial charge in [-0.1, -0.05) is 26.8 Å². The average molecular weight is 479 g/mol. The Morgan fingerprint density at radius 2 is 1.53 bits per heavy atom. The van der Waals surface area contributed by atoms with Crippen LogP contribution in [0.25, 0.3) is 0 Å². The minimum absolute atomic E-state index is 0.0807. The summed E-state index contributed by atoms with van der Waals surface area (Å²) < 4.78 is 24.2. The van der Waals surface area contributed by atoms with Crippen LogP contribution in [-0.4, -0.2) is 53.2 Å². The van der Waals surface area contributed by atoms with E-state index in [9.17, 15) is 19.2 Å². The second kappa shape index (κ2) is 8.47. The number of ketones is 1. The molecule has 0 bridgehead atoms. The minimum Gasteiger partial charge on any atom is -0.462 e. The highest BCUT2D eigenvalue weighted by Crippen LogP contribution is 2.66. The predicted molar refractivity (Wildman–Crippen MR) is 122 cm³/mol. The van der Waals surface area contributed by atoms with Crippen LogP contribution in [0.1, 0.15) is 74.7 Å². The molecule has 2 aliphatic carbocycles. The largest absolute Gasteiger partial charge is 0.462 e. The zero-order valence-electron chi connectivity index (χ0n) is 21.6. The highest BCUT2D eigenvalue weighted by molar-refractivity contribution is 5.86. The molecule has 1 saturated heterocycles. The first-order valence-electron chi connectivity index (χ1n) is 11.9. The molecule has 0 unspecified atom stereocenters. The van der Waals surface area contributed by atoms with Gasteiger partial charge in [-0.2, -0.15) is 0 Å². The molecule has 1 aliphatic heterocycles. The third-order valence-corrected chi connectivity index (χ3v) is 8.28. The monoisotopic (exact) mass is 478 g/mol. The van der Waals surface area contributed by atoms with Gasteiger partial charge in [-0.15, -0.1) is 6.58 Å². The van der Waals surface area contributed by atoms with Gasteiger partial charge in [0.05, 0.1) is 11.5 Å². The average Bonchev–Trinajstić information content (AvgIpc) is 2.65. The van der Waals surface area contributed by atoms with Crippen molar-refractivity contribution < 1.29 is 38.1 Å². The summed E-state index contributed by atoms with van der Waals surface area (Å²) >= 11 is 0. The van der Waals surface area contributed by atoms with E-state index in [1.54, 1.807) is 19.9 Å². The topological polar surface area (TPSA) is 105 Å². The third-order valence-electron chi connectivity index (χ3n) is 8.28. The van der Waals surface area contributed by atoms with Crippen LogP contribution in [0.15, 0.2) is 12.7 Å². The molecule has 0 N–H and O–H groups in total. The van der Waals surface area contributed by atoms with Gasteiger partial charge in [0.1, 0.15) is 23.6 Å². The van der Waals surface area contributed by atoms with E-state index in [0.29, 0.717) is 12.8 Å². The number of Topliss-reactive ketones (excluding diaryl/α,β-unsaturated/α-hetero) is 1. The lowest BCUT2D eigenvalue weighted by atomic mass is 9.41. The summed E-state index contributed by atoms with van der Waals surface area (Å²) in [6, 6.07) is 0. The molecule has 0 aromatic heterocycles. The van der Waals surface area contributed by atoms with E-state index in [2.05, 4.69) is 6.58 Å². The van der Waals surface area contributed by atoms with Crippen molar-refractivity contribution in [3.05, 3.63) is 12.7 Å². The second-order valence-electron chi connectivity index (χ2n) is 11.5. The summed E-state index contributed by atoms with van der Waals surface area (Å²) in [7, 11) is 0. The summed E-state index contributed by atoms with van der Waals surface area (Å²) in [4.78, 5) is 50.7. The summed E-state index contributed by atoms with van der Waals surface area (Å²) in [5, 5.41) is 0. The van der Waals surface area contributed by atoms with Crippen molar-refractivity contribution >= 4 is 23.7 Å². The molecule has 3 rings (SSSR count). The number of fused-ring (bicyclic) bond motifs is 3.